The molecule has 1 aromatic heterocycles. The van der Waals surface area contributed by atoms with E-state index in [2.05, 4.69) is 21.5 Å². The van der Waals surface area contributed by atoms with Crippen LogP contribution in [0.1, 0.15) is 11.1 Å². The molecule has 0 aliphatic carbocycles. The van der Waals surface area contributed by atoms with Gasteiger partial charge in [0.15, 0.2) is 6.33 Å². The van der Waals surface area contributed by atoms with Crippen LogP contribution in [-0.2, 0) is 0 Å². The van der Waals surface area contributed by atoms with Gasteiger partial charge in [0.05, 0.1) is 5.56 Å². The molecule has 0 spiro atoms. The summed E-state index contributed by atoms with van der Waals surface area (Å²) in [6.45, 7) is 1.90. The lowest BCUT2D eigenvalue weighted by molar-refractivity contribution is 0.714. The highest BCUT2D eigenvalue weighted by molar-refractivity contribution is 5.52. The summed E-state index contributed by atoms with van der Waals surface area (Å²) in [7, 11) is 0. The molecule has 1 heterocycles. The van der Waals surface area contributed by atoms with E-state index in [9.17, 15) is 0 Å². The molecule has 1 aromatic carbocycles. The highest BCUT2D eigenvalue weighted by atomic mass is 15.6. The van der Waals surface area contributed by atoms with Crippen molar-refractivity contribution in [2.24, 2.45) is 0 Å². The molecule has 0 saturated carbocycles. The lowest BCUT2D eigenvalue weighted by Gasteiger charge is -2.04. The molecule has 0 aliphatic heterocycles. The summed E-state index contributed by atoms with van der Waals surface area (Å²) in [6.07, 6.45) is 1.34. The van der Waals surface area contributed by atoms with E-state index in [0.29, 0.717) is 11.3 Å². The van der Waals surface area contributed by atoms with Gasteiger partial charge in [-0.1, -0.05) is 12.1 Å². The fourth-order valence-electron chi connectivity index (χ4n) is 1.28. The van der Waals surface area contributed by atoms with E-state index >= 15 is 0 Å². The van der Waals surface area contributed by atoms with Gasteiger partial charge >= 0.3 is 0 Å². The first-order valence-corrected chi connectivity index (χ1v) is 4.06. The maximum Gasteiger partial charge on any atom is 0.162 e. The second-order valence-electron chi connectivity index (χ2n) is 2.81. The van der Waals surface area contributed by atoms with Gasteiger partial charge in [-0.2, -0.15) is 5.26 Å². The van der Waals surface area contributed by atoms with Crippen molar-refractivity contribution in [2.75, 3.05) is 0 Å². The van der Waals surface area contributed by atoms with Crippen molar-refractivity contribution >= 4 is 0 Å². The van der Waals surface area contributed by atoms with E-state index in [-0.39, 0.29) is 0 Å². The van der Waals surface area contributed by atoms with Crippen molar-refractivity contribution in [1.82, 2.24) is 20.2 Å². The summed E-state index contributed by atoms with van der Waals surface area (Å²) in [6, 6.07) is 7.55. The molecule has 0 atom stereocenters. The average Bonchev–Trinajstić information content (AvgIpc) is 2.70. The predicted molar refractivity (Wildman–Crippen MR) is 48.6 cm³/mol. The Labute approximate surface area is 80.6 Å². The molecule has 2 aromatic rings. The van der Waals surface area contributed by atoms with Gasteiger partial charge < -0.3 is 0 Å². The number of nitriles is 1. The SMILES string of the molecule is Cc1cccc(C#N)c1-n1ncnn1. The highest BCUT2D eigenvalue weighted by Gasteiger charge is 2.08. The van der Waals surface area contributed by atoms with E-state index in [1.807, 2.05) is 19.1 Å². The Morgan fingerprint density at radius 1 is 1.43 bits per heavy atom. The van der Waals surface area contributed by atoms with Crippen molar-refractivity contribution in [2.45, 2.75) is 6.92 Å². The maximum atomic E-state index is 8.90. The largest absolute Gasteiger partial charge is 0.192 e. The molecule has 5 heteroatoms. The van der Waals surface area contributed by atoms with E-state index in [1.165, 1.54) is 11.1 Å². The molecular weight excluding hydrogens is 178 g/mol. The molecule has 14 heavy (non-hydrogen) atoms. The molecular formula is C9H7N5. The van der Waals surface area contributed by atoms with Gasteiger partial charge in [-0.3, -0.25) is 0 Å². The second-order valence-corrected chi connectivity index (χ2v) is 2.81. The zero-order chi connectivity index (χ0) is 9.97. The molecule has 0 unspecified atom stereocenters. The van der Waals surface area contributed by atoms with Crippen LogP contribution in [0.3, 0.4) is 0 Å². The predicted octanol–water partition coefficient (Wildman–Crippen LogP) is 0.842. The molecule has 0 saturated heterocycles. The Bertz CT molecular complexity index is 480. The Morgan fingerprint density at radius 2 is 2.29 bits per heavy atom. The van der Waals surface area contributed by atoms with Crippen LogP contribution in [0.5, 0.6) is 0 Å². The number of aryl methyl sites for hydroxylation is 1. The van der Waals surface area contributed by atoms with Gasteiger partial charge in [0.1, 0.15) is 11.8 Å². The van der Waals surface area contributed by atoms with Gasteiger partial charge in [0.25, 0.3) is 0 Å². The van der Waals surface area contributed by atoms with Gasteiger partial charge in [0.2, 0.25) is 0 Å². The van der Waals surface area contributed by atoms with Gasteiger partial charge in [-0.25, -0.2) is 0 Å². The third-order valence-electron chi connectivity index (χ3n) is 1.91. The fraction of sp³-hybridized carbons (Fsp3) is 0.111. The molecule has 0 N–H and O–H groups in total. The van der Waals surface area contributed by atoms with E-state index < -0.39 is 0 Å². The smallest absolute Gasteiger partial charge is 0.162 e. The number of para-hydroxylation sites is 1. The molecule has 0 aliphatic rings. The van der Waals surface area contributed by atoms with Crippen LogP contribution in [0, 0.1) is 18.3 Å². The van der Waals surface area contributed by atoms with Crippen molar-refractivity contribution in [3.05, 3.63) is 35.7 Å². The molecule has 0 amide bonds. The molecule has 0 fully saturated rings. The van der Waals surface area contributed by atoms with Crippen LogP contribution in [-0.4, -0.2) is 20.2 Å². The second kappa shape index (κ2) is 3.26. The summed E-state index contributed by atoms with van der Waals surface area (Å²) < 4.78 is 0. The Kier molecular flexibility index (Phi) is 1.95. The van der Waals surface area contributed by atoms with Crippen molar-refractivity contribution in [3.63, 3.8) is 0 Å². The molecule has 68 valence electrons. The van der Waals surface area contributed by atoms with Crippen LogP contribution in [0.4, 0.5) is 0 Å². The number of nitrogens with zero attached hydrogens (tertiary/aromatic N) is 5. The van der Waals surface area contributed by atoms with Crippen molar-refractivity contribution in [1.29, 1.82) is 5.26 Å². The summed E-state index contributed by atoms with van der Waals surface area (Å²) in [4.78, 5) is 1.36. The number of benzene rings is 1. The van der Waals surface area contributed by atoms with Crippen LogP contribution in [0.15, 0.2) is 24.5 Å². The van der Waals surface area contributed by atoms with E-state index in [4.69, 9.17) is 5.26 Å². The third-order valence-corrected chi connectivity index (χ3v) is 1.91. The van der Waals surface area contributed by atoms with Crippen LogP contribution in [0.25, 0.3) is 5.69 Å². The van der Waals surface area contributed by atoms with Crippen LogP contribution < -0.4 is 0 Å². The fourth-order valence-corrected chi connectivity index (χ4v) is 1.28. The summed E-state index contributed by atoms with van der Waals surface area (Å²) in [5.74, 6) is 0. The van der Waals surface area contributed by atoms with Crippen LogP contribution in [0.2, 0.25) is 0 Å². The minimum Gasteiger partial charge on any atom is -0.192 e. The van der Waals surface area contributed by atoms with Crippen molar-refractivity contribution < 1.29 is 0 Å². The van der Waals surface area contributed by atoms with Gasteiger partial charge in [-0.05, 0) is 23.8 Å². The zero-order valence-corrected chi connectivity index (χ0v) is 7.55. The Hall–Kier alpha value is -2.22. The molecule has 2 rings (SSSR count). The molecule has 0 bridgehead atoms. The Balaban J connectivity index is 2.69. The van der Waals surface area contributed by atoms with Crippen molar-refractivity contribution in [3.8, 4) is 11.8 Å². The maximum absolute atomic E-state index is 8.90. The number of tetrazole rings is 1. The minimum atomic E-state index is 0.544. The van der Waals surface area contributed by atoms with E-state index in [0.717, 1.165) is 5.56 Å². The van der Waals surface area contributed by atoms with Crippen LogP contribution >= 0.6 is 0 Å². The minimum absolute atomic E-state index is 0.544. The highest BCUT2D eigenvalue weighted by Crippen LogP contribution is 2.15. The van der Waals surface area contributed by atoms with Gasteiger partial charge in [0, 0.05) is 0 Å². The van der Waals surface area contributed by atoms with Gasteiger partial charge in [-0.15, -0.1) is 15.0 Å². The number of aromatic nitrogens is 4. The van der Waals surface area contributed by atoms with E-state index in [1.54, 1.807) is 6.07 Å². The Morgan fingerprint density at radius 3 is 2.93 bits per heavy atom. The number of rotatable bonds is 1. The lowest BCUT2D eigenvalue weighted by Crippen LogP contribution is -2.04. The quantitative estimate of drug-likeness (QED) is 0.660. The topological polar surface area (TPSA) is 67.4 Å². The first-order chi connectivity index (χ1) is 6.83. The normalized spacial score (nSPS) is 9.71. The summed E-state index contributed by atoms with van der Waals surface area (Å²) in [5.41, 5.74) is 2.18. The first-order valence-electron chi connectivity index (χ1n) is 4.06. The number of hydrogen-bond donors (Lipinski definition) is 0. The number of hydrogen-bond acceptors (Lipinski definition) is 4. The lowest BCUT2D eigenvalue weighted by atomic mass is 10.1. The monoisotopic (exact) mass is 185 g/mol. The molecule has 0 radical (unpaired) electrons. The summed E-state index contributed by atoms with van der Waals surface area (Å²) in [5, 5.41) is 20.2. The zero-order valence-electron chi connectivity index (χ0n) is 7.55. The summed E-state index contributed by atoms with van der Waals surface area (Å²) >= 11 is 0. The first kappa shape index (κ1) is 8.38. The average molecular weight is 185 g/mol. The standard InChI is InChI=1S/C9H7N5/c1-7-3-2-4-8(5-10)9(7)14-12-6-11-13-14/h2-4,6H,1H3. The third kappa shape index (κ3) is 1.23. The molecule has 5 nitrogen and oxygen atoms in total.